The summed E-state index contributed by atoms with van der Waals surface area (Å²) in [6.45, 7) is 0. The van der Waals surface area contributed by atoms with Crippen LogP contribution in [0, 0.1) is 0 Å². The standard InChI is InChI=1S/C110H76N6Si2/c1-9-35-81(36-10-1)111(82-37-11-2-12-38-82)85-43-33-45-87(71-85)113-99-57-27-29-59-101(99)115(105-75-109-97(73-103(105)113)95-55-25-31-61-107(95)117(109,91-47-17-5-18-48-91)92-49-19-6-20-50-92)89-65-63-77-68-80-70-90(66-64-78(80)67-79(77)69-89)116-102-60-30-28-58-100(102)114(88-46-34-44-86(72-88)112(83-39-13-3-14-40-83)84-41-15-4-16-42-84)104-74-98-96-56-26-32-62-108(96)118(110(98)76-106(104)116,93-51-21-7-22-52-93)94-53-23-8-24-54-94/h1-76H. The van der Waals surface area contributed by atoms with Crippen LogP contribution in [0.4, 0.5) is 102 Å². The summed E-state index contributed by atoms with van der Waals surface area (Å²) in [6, 6.07) is 173. The predicted octanol–water partition coefficient (Wildman–Crippen LogP) is 24.2. The lowest BCUT2D eigenvalue weighted by Crippen LogP contribution is -2.72. The third-order valence-corrected chi connectivity index (χ3v) is 34.6. The van der Waals surface area contributed by atoms with Gasteiger partial charge in [0.05, 0.1) is 45.5 Å². The van der Waals surface area contributed by atoms with E-state index in [1.54, 1.807) is 0 Å². The van der Waals surface area contributed by atoms with Crippen molar-refractivity contribution in [3.63, 3.8) is 0 Å². The van der Waals surface area contributed by atoms with Gasteiger partial charge in [0.25, 0.3) is 0 Å². The molecule has 554 valence electrons. The van der Waals surface area contributed by atoms with Crippen LogP contribution in [0.5, 0.6) is 0 Å². The lowest BCUT2D eigenvalue weighted by Gasteiger charge is -2.42. The van der Waals surface area contributed by atoms with Gasteiger partial charge in [-0.15, -0.1) is 0 Å². The number of anilines is 18. The van der Waals surface area contributed by atoms with E-state index in [1.807, 2.05) is 0 Å². The van der Waals surface area contributed by atoms with Gasteiger partial charge in [0.2, 0.25) is 0 Å². The first kappa shape index (κ1) is 68.5. The molecule has 0 spiro atoms. The van der Waals surface area contributed by atoms with Crippen molar-refractivity contribution >= 4 is 182 Å². The molecule has 23 rings (SSSR count). The third-order valence-electron chi connectivity index (χ3n) is 24.8. The van der Waals surface area contributed by atoms with Gasteiger partial charge in [-0.2, -0.15) is 0 Å². The molecular weight excluding hydrogens is 1460 g/mol. The van der Waals surface area contributed by atoms with E-state index in [9.17, 15) is 0 Å². The Kier molecular flexibility index (Phi) is 16.2. The van der Waals surface area contributed by atoms with Gasteiger partial charge in [-0.05, 0) is 255 Å². The van der Waals surface area contributed by atoms with Crippen LogP contribution >= 0.6 is 0 Å². The molecule has 4 aliphatic heterocycles. The van der Waals surface area contributed by atoms with E-state index in [1.165, 1.54) is 63.7 Å². The fourth-order valence-electron chi connectivity index (χ4n) is 20.0. The third kappa shape index (κ3) is 10.7. The van der Waals surface area contributed by atoms with E-state index in [0.29, 0.717) is 0 Å². The lowest BCUT2D eigenvalue weighted by molar-refractivity contribution is 1.17. The normalized spacial score (nSPS) is 13.5. The van der Waals surface area contributed by atoms with Crippen molar-refractivity contribution in [1.29, 1.82) is 0 Å². The molecule has 0 aromatic heterocycles. The summed E-state index contributed by atoms with van der Waals surface area (Å²) < 4.78 is 0. The van der Waals surface area contributed by atoms with Crippen LogP contribution in [-0.2, 0) is 0 Å². The molecule has 0 atom stereocenters. The Morgan fingerprint density at radius 2 is 0.415 bits per heavy atom. The van der Waals surface area contributed by atoms with Crippen molar-refractivity contribution in [3.8, 4) is 22.3 Å². The molecule has 4 heterocycles. The first-order valence-electron chi connectivity index (χ1n) is 40.7. The number of benzene rings is 19. The van der Waals surface area contributed by atoms with E-state index in [4.69, 9.17) is 0 Å². The number of fused-ring (bicyclic) bond motifs is 12. The molecule has 6 nitrogen and oxygen atoms in total. The van der Waals surface area contributed by atoms with Crippen molar-refractivity contribution in [3.05, 3.63) is 461 Å². The minimum absolute atomic E-state index is 1.06. The summed E-state index contributed by atoms with van der Waals surface area (Å²) in [5.41, 5.74) is 24.7. The molecule has 8 heteroatoms. The largest absolute Gasteiger partial charge is 0.310 e. The maximum atomic E-state index is 2.60. The molecule has 4 aliphatic rings. The molecular formula is C110H76N6Si2. The van der Waals surface area contributed by atoms with Gasteiger partial charge in [-0.25, -0.2) is 0 Å². The van der Waals surface area contributed by atoms with E-state index in [2.05, 4.69) is 490 Å². The highest BCUT2D eigenvalue weighted by Crippen LogP contribution is 2.59. The van der Waals surface area contributed by atoms with Gasteiger partial charge in [-0.3, -0.25) is 0 Å². The van der Waals surface area contributed by atoms with Gasteiger partial charge >= 0.3 is 0 Å². The molecule has 118 heavy (non-hydrogen) atoms. The second-order valence-electron chi connectivity index (χ2n) is 31.1. The van der Waals surface area contributed by atoms with Crippen LogP contribution in [0.2, 0.25) is 0 Å². The van der Waals surface area contributed by atoms with E-state index in [-0.39, 0.29) is 0 Å². The summed E-state index contributed by atoms with van der Waals surface area (Å²) in [7, 11) is -5.99. The Hall–Kier alpha value is -15.1. The molecule has 0 saturated heterocycles. The highest BCUT2D eigenvalue weighted by molar-refractivity contribution is 7.23. The second-order valence-corrected chi connectivity index (χ2v) is 38.6. The Bertz CT molecular complexity index is 6510. The van der Waals surface area contributed by atoms with Gasteiger partial charge in [0.1, 0.15) is 0 Å². The lowest BCUT2D eigenvalue weighted by atomic mass is 9.97. The van der Waals surface area contributed by atoms with Crippen molar-refractivity contribution in [2.45, 2.75) is 0 Å². The number of hydrogen-bond donors (Lipinski definition) is 0. The maximum absolute atomic E-state index is 3.00. The zero-order chi connectivity index (χ0) is 77.8. The highest BCUT2D eigenvalue weighted by Gasteiger charge is 2.52. The van der Waals surface area contributed by atoms with Crippen molar-refractivity contribution in [2.75, 3.05) is 29.4 Å². The first-order chi connectivity index (χ1) is 58.5. The quantitative estimate of drug-likeness (QED) is 0.0793. The predicted molar refractivity (Wildman–Crippen MR) is 502 cm³/mol. The average Bonchev–Trinajstić information content (AvgIpc) is 1.52. The summed E-state index contributed by atoms with van der Waals surface area (Å²) in [5.74, 6) is 0. The molecule has 0 unspecified atom stereocenters. The zero-order valence-corrected chi connectivity index (χ0v) is 66.6. The fourth-order valence-corrected chi connectivity index (χ4v) is 30.3. The van der Waals surface area contributed by atoms with Crippen LogP contribution in [0.15, 0.2) is 461 Å². The van der Waals surface area contributed by atoms with Gasteiger partial charge < -0.3 is 29.4 Å². The van der Waals surface area contributed by atoms with Crippen molar-refractivity contribution in [2.24, 2.45) is 0 Å². The molecule has 0 aliphatic carbocycles. The van der Waals surface area contributed by atoms with Gasteiger partial charge in [0, 0.05) is 56.9 Å². The molecule has 19 aromatic rings. The zero-order valence-electron chi connectivity index (χ0n) is 64.6. The molecule has 0 radical (unpaired) electrons. The Morgan fingerprint density at radius 1 is 0.153 bits per heavy atom. The molecule has 0 bridgehead atoms. The molecule has 19 aromatic carbocycles. The number of para-hydroxylation sites is 8. The van der Waals surface area contributed by atoms with Gasteiger partial charge in [-0.1, -0.05) is 291 Å². The highest BCUT2D eigenvalue weighted by atomic mass is 28.3. The Morgan fingerprint density at radius 3 is 0.737 bits per heavy atom. The molecule has 0 amide bonds. The topological polar surface area (TPSA) is 19.4 Å². The van der Waals surface area contributed by atoms with E-state index < -0.39 is 16.1 Å². The van der Waals surface area contributed by atoms with E-state index >= 15 is 0 Å². The molecule has 0 saturated carbocycles. The number of nitrogens with zero attached hydrogens (tertiary/aromatic N) is 6. The minimum atomic E-state index is -3.00. The smallest absolute Gasteiger partial charge is 0.180 e. The second kappa shape index (κ2) is 27.9. The van der Waals surface area contributed by atoms with Crippen molar-refractivity contribution in [1.82, 2.24) is 0 Å². The number of rotatable bonds is 14. The first-order valence-corrected chi connectivity index (χ1v) is 44.7. The van der Waals surface area contributed by atoms with Crippen LogP contribution in [0.3, 0.4) is 0 Å². The van der Waals surface area contributed by atoms with Crippen LogP contribution < -0.4 is 70.9 Å². The maximum Gasteiger partial charge on any atom is 0.180 e. The summed E-state index contributed by atoms with van der Waals surface area (Å²) in [4.78, 5) is 14.9. The Labute approximate surface area is 689 Å². The average molecular weight is 1540 g/mol. The van der Waals surface area contributed by atoms with Gasteiger partial charge in [0.15, 0.2) is 16.1 Å². The summed E-state index contributed by atoms with van der Waals surface area (Å²) in [6.07, 6.45) is 0. The fraction of sp³-hybridized carbons (Fsp3) is 0. The van der Waals surface area contributed by atoms with E-state index in [0.717, 1.165) is 124 Å². The van der Waals surface area contributed by atoms with Crippen LogP contribution in [0.25, 0.3) is 43.8 Å². The van der Waals surface area contributed by atoms with Crippen LogP contribution in [-0.4, -0.2) is 16.1 Å². The number of hydrogen-bond acceptors (Lipinski definition) is 6. The monoisotopic (exact) mass is 1540 g/mol. The molecule has 0 fully saturated rings. The molecule has 0 N–H and O–H groups in total. The minimum Gasteiger partial charge on any atom is -0.310 e. The summed E-state index contributed by atoms with van der Waals surface area (Å²) in [5, 5.41) is 15.6. The van der Waals surface area contributed by atoms with Crippen LogP contribution in [0.1, 0.15) is 0 Å². The summed E-state index contributed by atoms with van der Waals surface area (Å²) >= 11 is 0. The Balaban J connectivity index is 0.705. The SMILES string of the molecule is c1ccc(N(c2ccccc2)c2cccc(N3c4ccccc4N(c4ccc5cc6cc(N7c8ccccc8N(c8cccc(N(c9ccccc9)c9ccccc9)c8)c8cc9c(cc87)[Si](c7ccccc7)(c7ccccc7)c7ccccc7-9)ccc6cc5c4)c4cc5c(cc43)-c3ccccc3[Si]5(c3ccccc3)c3ccccc3)c2)cc1. The van der Waals surface area contributed by atoms with Crippen molar-refractivity contribution < 1.29 is 0 Å².